The summed E-state index contributed by atoms with van der Waals surface area (Å²) in [6, 6.07) is 7.26. The van der Waals surface area contributed by atoms with Gasteiger partial charge in [0.2, 0.25) is 17.7 Å². The van der Waals surface area contributed by atoms with E-state index >= 15 is 0 Å². The lowest BCUT2D eigenvalue weighted by Crippen LogP contribution is -2.48. The Bertz CT molecular complexity index is 816. The molecule has 1 aromatic rings. The summed E-state index contributed by atoms with van der Waals surface area (Å²) in [6.45, 7) is 3.06. The third-order valence-electron chi connectivity index (χ3n) is 6.16. The van der Waals surface area contributed by atoms with Crippen molar-refractivity contribution >= 4 is 29.4 Å². The predicted octanol–water partition coefficient (Wildman–Crippen LogP) is 2.20. The van der Waals surface area contributed by atoms with Crippen molar-refractivity contribution < 1.29 is 19.2 Å². The fourth-order valence-electron chi connectivity index (χ4n) is 4.39. The molecule has 3 saturated heterocycles. The van der Waals surface area contributed by atoms with Crippen LogP contribution in [-0.4, -0.2) is 64.6 Å². The van der Waals surface area contributed by atoms with Crippen LogP contribution in [0.1, 0.15) is 44.1 Å². The molecule has 0 spiro atoms. The molecule has 0 aromatic heterocycles. The first-order chi connectivity index (χ1) is 14.5. The van der Waals surface area contributed by atoms with E-state index in [1.807, 2.05) is 21.9 Å². The minimum Gasteiger partial charge on any atom is -0.326 e. The summed E-state index contributed by atoms with van der Waals surface area (Å²) < 4.78 is 0. The second kappa shape index (κ2) is 8.85. The summed E-state index contributed by atoms with van der Waals surface area (Å²) in [7, 11) is 0. The molecule has 1 atom stereocenters. The molecule has 0 saturated carbocycles. The number of imide groups is 1. The molecule has 3 fully saturated rings. The number of nitrogens with zero attached hydrogens (tertiary/aromatic N) is 3. The molecule has 1 aromatic carbocycles. The van der Waals surface area contributed by atoms with E-state index in [4.69, 9.17) is 0 Å². The first kappa shape index (κ1) is 20.4. The van der Waals surface area contributed by atoms with Crippen LogP contribution in [-0.2, 0) is 20.9 Å². The van der Waals surface area contributed by atoms with Crippen molar-refractivity contribution in [2.45, 2.75) is 45.1 Å². The zero-order valence-corrected chi connectivity index (χ0v) is 17.1. The monoisotopic (exact) mass is 412 g/mol. The van der Waals surface area contributed by atoms with Gasteiger partial charge in [-0.1, -0.05) is 12.1 Å². The van der Waals surface area contributed by atoms with Crippen LogP contribution < -0.4 is 5.32 Å². The van der Waals surface area contributed by atoms with Gasteiger partial charge >= 0.3 is 6.03 Å². The number of likely N-dealkylation sites (tertiary alicyclic amines) is 3. The van der Waals surface area contributed by atoms with Crippen LogP contribution in [0.5, 0.6) is 0 Å². The Balaban J connectivity index is 1.31. The Morgan fingerprint density at radius 1 is 0.900 bits per heavy atom. The summed E-state index contributed by atoms with van der Waals surface area (Å²) in [4.78, 5) is 53.8. The molecule has 8 heteroatoms. The molecule has 3 heterocycles. The summed E-state index contributed by atoms with van der Waals surface area (Å²) >= 11 is 0. The number of carbonyl (C=O) groups excluding carboxylic acids is 4. The first-order valence-electron chi connectivity index (χ1n) is 10.8. The van der Waals surface area contributed by atoms with Crippen molar-refractivity contribution in [3.05, 3.63) is 29.8 Å². The highest BCUT2D eigenvalue weighted by atomic mass is 16.2. The van der Waals surface area contributed by atoms with Gasteiger partial charge in [-0.25, -0.2) is 4.79 Å². The maximum atomic E-state index is 12.7. The van der Waals surface area contributed by atoms with Crippen molar-refractivity contribution in [1.82, 2.24) is 14.7 Å². The molecule has 1 unspecified atom stereocenters. The van der Waals surface area contributed by atoms with Gasteiger partial charge in [0.05, 0.1) is 12.5 Å². The van der Waals surface area contributed by atoms with E-state index in [9.17, 15) is 19.2 Å². The maximum absolute atomic E-state index is 12.7. The van der Waals surface area contributed by atoms with Crippen LogP contribution in [0.4, 0.5) is 10.5 Å². The van der Waals surface area contributed by atoms with Gasteiger partial charge in [0.25, 0.3) is 0 Å². The van der Waals surface area contributed by atoms with Crippen molar-refractivity contribution in [2.75, 3.05) is 31.5 Å². The van der Waals surface area contributed by atoms with E-state index in [1.165, 1.54) is 4.90 Å². The minimum absolute atomic E-state index is 0.0559. The Labute approximate surface area is 176 Å². The van der Waals surface area contributed by atoms with Gasteiger partial charge in [0.15, 0.2) is 0 Å². The molecular formula is C22H28N4O4. The molecule has 3 aliphatic heterocycles. The SMILES string of the molecule is O=C(Nc1ccc(CN2C(=O)CCC2=O)cc1)C1CCCN(C(=O)N2CCCC2)C1. The smallest absolute Gasteiger partial charge is 0.320 e. The van der Waals surface area contributed by atoms with Crippen LogP contribution in [0, 0.1) is 5.92 Å². The van der Waals surface area contributed by atoms with Crippen LogP contribution in [0.25, 0.3) is 0 Å². The average molecular weight is 412 g/mol. The molecule has 0 aliphatic carbocycles. The lowest BCUT2D eigenvalue weighted by molar-refractivity contribution is -0.139. The molecule has 1 N–H and O–H groups in total. The van der Waals surface area contributed by atoms with Gasteiger partial charge in [-0.05, 0) is 43.4 Å². The molecule has 4 rings (SSSR count). The van der Waals surface area contributed by atoms with E-state index in [-0.39, 0.29) is 49.1 Å². The maximum Gasteiger partial charge on any atom is 0.320 e. The zero-order chi connectivity index (χ0) is 21.1. The van der Waals surface area contributed by atoms with E-state index in [1.54, 1.807) is 12.1 Å². The standard InChI is InChI=1S/C22H28N4O4/c27-19-9-10-20(28)26(19)14-16-5-7-18(8-6-16)23-21(29)17-4-3-13-25(15-17)22(30)24-11-1-2-12-24/h5-8,17H,1-4,9-15H2,(H,23,29). The number of benzene rings is 1. The lowest BCUT2D eigenvalue weighted by atomic mass is 9.97. The zero-order valence-electron chi connectivity index (χ0n) is 17.1. The largest absolute Gasteiger partial charge is 0.326 e. The van der Waals surface area contributed by atoms with Gasteiger partial charge in [-0.15, -0.1) is 0 Å². The fraction of sp³-hybridized carbons (Fsp3) is 0.545. The molecular weight excluding hydrogens is 384 g/mol. The van der Waals surface area contributed by atoms with Crippen molar-refractivity contribution in [3.8, 4) is 0 Å². The summed E-state index contributed by atoms with van der Waals surface area (Å²) in [5.74, 6) is -0.568. The lowest BCUT2D eigenvalue weighted by Gasteiger charge is -2.34. The Morgan fingerprint density at radius 3 is 2.20 bits per heavy atom. The quantitative estimate of drug-likeness (QED) is 0.768. The Kier molecular flexibility index (Phi) is 6.01. The number of amides is 5. The summed E-state index contributed by atoms with van der Waals surface area (Å²) in [6.07, 6.45) is 4.28. The first-order valence-corrected chi connectivity index (χ1v) is 10.8. The highest BCUT2D eigenvalue weighted by Crippen LogP contribution is 2.22. The fourth-order valence-corrected chi connectivity index (χ4v) is 4.39. The second-order valence-corrected chi connectivity index (χ2v) is 8.32. The van der Waals surface area contributed by atoms with Gasteiger partial charge in [0, 0.05) is 44.7 Å². The number of urea groups is 1. The van der Waals surface area contributed by atoms with E-state index in [0.717, 1.165) is 44.3 Å². The number of carbonyl (C=O) groups is 4. The van der Waals surface area contributed by atoms with E-state index in [0.29, 0.717) is 18.8 Å². The van der Waals surface area contributed by atoms with E-state index < -0.39 is 0 Å². The van der Waals surface area contributed by atoms with Crippen LogP contribution in [0.15, 0.2) is 24.3 Å². The molecule has 0 radical (unpaired) electrons. The number of nitrogens with one attached hydrogen (secondary N) is 1. The predicted molar refractivity (Wildman–Crippen MR) is 110 cm³/mol. The van der Waals surface area contributed by atoms with Crippen LogP contribution >= 0.6 is 0 Å². The van der Waals surface area contributed by atoms with Crippen molar-refractivity contribution in [1.29, 1.82) is 0 Å². The number of piperidine rings is 1. The van der Waals surface area contributed by atoms with Crippen LogP contribution in [0.2, 0.25) is 0 Å². The Morgan fingerprint density at radius 2 is 1.53 bits per heavy atom. The van der Waals surface area contributed by atoms with E-state index in [2.05, 4.69) is 5.32 Å². The van der Waals surface area contributed by atoms with Crippen molar-refractivity contribution in [3.63, 3.8) is 0 Å². The number of hydrogen-bond donors (Lipinski definition) is 1. The molecule has 160 valence electrons. The highest BCUT2D eigenvalue weighted by Gasteiger charge is 2.32. The molecule has 3 aliphatic rings. The number of rotatable bonds is 4. The van der Waals surface area contributed by atoms with Gasteiger partial charge in [-0.2, -0.15) is 0 Å². The molecule has 5 amide bonds. The molecule has 8 nitrogen and oxygen atoms in total. The summed E-state index contributed by atoms with van der Waals surface area (Å²) in [5.41, 5.74) is 1.52. The average Bonchev–Trinajstić information content (AvgIpc) is 3.41. The normalized spacial score (nSPS) is 22.0. The Hall–Kier alpha value is -2.90. The van der Waals surface area contributed by atoms with Gasteiger partial charge in [-0.3, -0.25) is 19.3 Å². The minimum atomic E-state index is -0.218. The topological polar surface area (TPSA) is 90.0 Å². The van der Waals surface area contributed by atoms with Crippen LogP contribution in [0.3, 0.4) is 0 Å². The number of hydrogen-bond acceptors (Lipinski definition) is 4. The van der Waals surface area contributed by atoms with Crippen molar-refractivity contribution in [2.24, 2.45) is 5.92 Å². The van der Waals surface area contributed by atoms with Gasteiger partial charge < -0.3 is 15.1 Å². The molecule has 30 heavy (non-hydrogen) atoms. The highest BCUT2D eigenvalue weighted by molar-refractivity contribution is 6.01. The third-order valence-corrected chi connectivity index (χ3v) is 6.16. The second-order valence-electron chi connectivity index (χ2n) is 8.32. The van der Waals surface area contributed by atoms with Gasteiger partial charge in [0.1, 0.15) is 0 Å². The molecule has 0 bridgehead atoms. The summed E-state index contributed by atoms with van der Waals surface area (Å²) in [5, 5.41) is 2.94. The third kappa shape index (κ3) is 4.47. The number of anilines is 1.